The molecule has 2 aromatic carbocycles. The summed E-state index contributed by atoms with van der Waals surface area (Å²) in [6.07, 6.45) is 0.743. The van der Waals surface area contributed by atoms with Gasteiger partial charge in [0.1, 0.15) is 5.78 Å². The predicted molar refractivity (Wildman–Crippen MR) is 135 cm³/mol. The number of carbonyl (C=O) groups excluding carboxylic acids is 2. The van der Waals surface area contributed by atoms with Crippen LogP contribution >= 0.6 is 0 Å². The van der Waals surface area contributed by atoms with Crippen LogP contribution in [0.4, 0.5) is 0 Å². The lowest BCUT2D eigenvalue weighted by Crippen LogP contribution is -2.41. The fourth-order valence-corrected chi connectivity index (χ4v) is 5.33. The minimum atomic E-state index is -0.481. The molecule has 1 saturated carbocycles. The number of esters is 1. The number of fused-ring (bicyclic) bond motifs is 1. The summed E-state index contributed by atoms with van der Waals surface area (Å²) in [5.74, 6) is 0.0657. The molecule has 6 nitrogen and oxygen atoms in total. The summed E-state index contributed by atoms with van der Waals surface area (Å²) < 4.78 is 16.5. The molecule has 0 saturated heterocycles. The second kappa shape index (κ2) is 10.1. The van der Waals surface area contributed by atoms with E-state index in [0.29, 0.717) is 35.6 Å². The van der Waals surface area contributed by atoms with Crippen LogP contribution in [-0.4, -0.2) is 37.8 Å². The summed E-state index contributed by atoms with van der Waals surface area (Å²) in [5, 5.41) is 0. The third kappa shape index (κ3) is 4.75. The zero-order chi connectivity index (χ0) is 25.3. The summed E-state index contributed by atoms with van der Waals surface area (Å²) in [6, 6.07) is 13.7. The summed E-state index contributed by atoms with van der Waals surface area (Å²) in [7, 11) is 3.21. The normalized spacial score (nSPS) is 22.0. The number of ketones is 1. The molecule has 1 fully saturated rings. The smallest absolute Gasteiger partial charge is 0.336 e. The lowest BCUT2D eigenvalue weighted by molar-refractivity contribution is -0.143. The Labute approximate surface area is 207 Å². The molecule has 35 heavy (non-hydrogen) atoms. The van der Waals surface area contributed by atoms with Gasteiger partial charge >= 0.3 is 5.97 Å². The minimum absolute atomic E-state index is 0.0215. The molecular weight excluding hydrogens is 442 g/mol. The lowest BCUT2D eigenvalue weighted by atomic mass is 9.65. The first-order valence-electron chi connectivity index (χ1n) is 12.0. The van der Waals surface area contributed by atoms with Gasteiger partial charge in [-0.3, -0.25) is 9.79 Å². The Bertz CT molecular complexity index is 1210. The molecule has 1 aliphatic heterocycles. The van der Waals surface area contributed by atoms with Gasteiger partial charge in [0.05, 0.1) is 31.8 Å². The zero-order valence-corrected chi connectivity index (χ0v) is 21.3. The number of rotatable bonds is 6. The summed E-state index contributed by atoms with van der Waals surface area (Å²) in [6.45, 7) is 7.51. The summed E-state index contributed by atoms with van der Waals surface area (Å²) in [5.41, 5.74) is 4.95. The predicted octanol–water partition coefficient (Wildman–Crippen LogP) is 5.54. The van der Waals surface area contributed by atoms with Crippen molar-refractivity contribution >= 4 is 17.5 Å². The van der Waals surface area contributed by atoms with Crippen molar-refractivity contribution in [3.8, 4) is 11.5 Å². The number of allylic oxidation sites excluding steroid dienone is 1. The second-order valence-corrected chi connectivity index (χ2v) is 9.55. The van der Waals surface area contributed by atoms with Gasteiger partial charge in [-0.25, -0.2) is 4.79 Å². The molecular formula is C29H33NO5. The van der Waals surface area contributed by atoms with Crippen LogP contribution in [0.1, 0.15) is 62.1 Å². The van der Waals surface area contributed by atoms with Gasteiger partial charge in [0, 0.05) is 23.7 Å². The van der Waals surface area contributed by atoms with Crippen LogP contribution in [0.3, 0.4) is 0 Å². The van der Waals surface area contributed by atoms with Crippen LogP contribution in [0.15, 0.2) is 58.7 Å². The van der Waals surface area contributed by atoms with Crippen molar-refractivity contribution in [1.29, 1.82) is 0 Å². The third-order valence-electron chi connectivity index (χ3n) is 6.92. The number of aryl methyl sites for hydroxylation is 1. The van der Waals surface area contributed by atoms with Gasteiger partial charge in [0.25, 0.3) is 0 Å². The molecule has 0 amide bonds. The molecule has 184 valence electrons. The Morgan fingerprint density at radius 3 is 2.34 bits per heavy atom. The molecule has 0 bridgehead atoms. The van der Waals surface area contributed by atoms with E-state index in [2.05, 4.69) is 0 Å². The first-order valence-corrected chi connectivity index (χ1v) is 12.0. The number of hydrogen-bond donors (Lipinski definition) is 0. The van der Waals surface area contributed by atoms with Crippen LogP contribution in [0, 0.1) is 12.8 Å². The van der Waals surface area contributed by atoms with E-state index >= 15 is 0 Å². The number of Topliss-reactive ketones (excluding diaryl/α,β-unsaturated/α-hetero) is 1. The van der Waals surface area contributed by atoms with Gasteiger partial charge < -0.3 is 14.2 Å². The molecule has 6 heteroatoms. The van der Waals surface area contributed by atoms with Crippen LogP contribution in [0.2, 0.25) is 0 Å². The highest BCUT2D eigenvalue weighted by Crippen LogP contribution is 2.47. The highest BCUT2D eigenvalue weighted by molar-refractivity contribution is 6.12. The van der Waals surface area contributed by atoms with Gasteiger partial charge in [0.15, 0.2) is 11.5 Å². The molecule has 2 aromatic rings. The maximum absolute atomic E-state index is 13.8. The largest absolute Gasteiger partial charge is 0.493 e. The number of ether oxygens (including phenoxy) is 3. The maximum Gasteiger partial charge on any atom is 0.336 e. The van der Waals surface area contributed by atoms with Crippen molar-refractivity contribution in [2.24, 2.45) is 10.9 Å². The summed E-state index contributed by atoms with van der Waals surface area (Å²) >= 11 is 0. The number of aliphatic imine (C=N–C) groups is 1. The van der Waals surface area contributed by atoms with E-state index in [1.807, 2.05) is 70.2 Å². The van der Waals surface area contributed by atoms with E-state index in [0.717, 1.165) is 22.4 Å². The average Bonchev–Trinajstić information content (AvgIpc) is 2.82. The van der Waals surface area contributed by atoms with E-state index < -0.39 is 17.8 Å². The molecule has 0 aromatic heterocycles. The van der Waals surface area contributed by atoms with E-state index in [1.165, 1.54) is 0 Å². The van der Waals surface area contributed by atoms with Crippen LogP contribution in [0.5, 0.6) is 11.5 Å². The van der Waals surface area contributed by atoms with Gasteiger partial charge in [-0.15, -0.1) is 0 Å². The molecule has 3 atom stereocenters. The molecule has 1 unspecified atom stereocenters. The number of carbonyl (C=O) groups is 2. The SMILES string of the molecule is COc1ccc([C@@H]2CC(=O)C3C(=NC(C)=C(C(=O)OC(C)C)[C@@H]3c3ccccc3C)C2)cc1OC. The summed E-state index contributed by atoms with van der Waals surface area (Å²) in [4.78, 5) is 31.8. The van der Waals surface area contributed by atoms with Crippen molar-refractivity contribution in [3.05, 3.63) is 70.4 Å². The fourth-order valence-electron chi connectivity index (χ4n) is 5.33. The average molecular weight is 476 g/mol. The van der Waals surface area contributed by atoms with E-state index in [4.69, 9.17) is 19.2 Å². The number of hydrogen-bond acceptors (Lipinski definition) is 6. The molecule has 1 aliphatic carbocycles. The quantitative estimate of drug-likeness (QED) is 0.513. The van der Waals surface area contributed by atoms with Crippen LogP contribution in [-0.2, 0) is 14.3 Å². The van der Waals surface area contributed by atoms with E-state index in [9.17, 15) is 9.59 Å². The third-order valence-corrected chi connectivity index (χ3v) is 6.92. The molecule has 0 N–H and O–H groups in total. The molecule has 2 aliphatic rings. The van der Waals surface area contributed by atoms with Gasteiger partial charge in [0.2, 0.25) is 0 Å². The van der Waals surface area contributed by atoms with Gasteiger partial charge in [-0.05, 0) is 68.9 Å². The van der Waals surface area contributed by atoms with Gasteiger partial charge in [-0.2, -0.15) is 0 Å². The Morgan fingerprint density at radius 1 is 0.971 bits per heavy atom. The Morgan fingerprint density at radius 2 is 1.69 bits per heavy atom. The van der Waals surface area contributed by atoms with Crippen molar-refractivity contribution in [3.63, 3.8) is 0 Å². The monoisotopic (exact) mass is 475 g/mol. The van der Waals surface area contributed by atoms with Crippen molar-refractivity contribution in [2.75, 3.05) is 14.2 Å². The fraction of sp³-hybridized carbons (Fsp3) is 0.414. The molecule has 0 spiro atoms. The zero-order valence-electron chi connectivity index (χ0n) is 21.3. The standard InChI is InChI=1S/C29H33NO5/c1-16(2)35-29(32)26-18(4)30-22-13-20(19-11-12-24(33-5)25(15-19)34-6)14-23(31)28(22)27(26)21-10-8-7-9-17(21)3/h7-12,15-16,20,27-28H,13-14H2,1-6H3/t20-,27-,28?/m0/s1. The maximum atomic E-state index is 13.8. The first-order chi connectivity index (χ1) is 16.7. The highest BCUT2D eigenvalue weighted by Gasteiger charge is 2.46. The van der Waals surface area contributed by atoms with Gasteiger partial charge in [-0.1, -0.05) is 30.3 Å². The minimum Gasteiger partial charge on any atom is -0.493 e. The lowest BCUT2D eigenvalue weighted by Gasteiger charge is -2.39. The number of methoxy groups -OCH3 is 2. The second-order valence-electron chi connectivity index (χ2n) is 9.55. The Hall–Kier alpha value is -3.41. The Kier molecular flexibility index (Phi) is 7.10. The molecule has 4 rings (SSSR count). The van der Waals surface area contributed by atoms with Crippen molar-refractivity contribution < 1.29 is 23.8 Å². The highest BCUT2D eigenvalue weighted by atomic mass is 16.5. The van der Waals surface area contributed by atoms with E-state index in [-0.39, 0.29) is 17.8 Å². The molecule has 0 radical (unpaired) electrons. The molecule has 1 heterocycles. The van der Waals surface area contributed by atoms with Crippen molar-refractivity contribution in [2.45, 2.75) is 58.5 Å². The van der Waals surface area contributed by atoms with Crippen molar-refractivity contribution in [1.82, 2.24) is 0 Å². The van der Waals surface area contributed by atoms with Crippen LogP contribution in [0.25, 0.3) is 0 Å². The van der Waals surface area contributed by atoms with E-state index in [1.54, 1.807) is 14.2 Å². The van der Waals surface area contributed by atoms with Crippen LogP contribution < -0.4 is 9.47 Å². The number of nitrogens with zero attached hydrogens (tertiary/aromatic N) is 1. The first kappa shape index (κ1) is 24.7. The Balaban J connectivity index is 1.78. The number of benzene rings is 2. The topological polar surface area (TPSA) is 74.2 Å².